The van der Waals surface area contributed by atoms with Gasteiger partial charge >= 0.3 is 0 Å². The van der Waals surface area contributed by atoms with Crippen molar-refractivity contribution >= 4 is 23.2 Å². The summed E-state index contributed by atoms with van der Waals surface area (Å²) in [4.78, 5) is 33.7. The minimum atomic E-state index is -0.821. The molecule has 3 aromatic rings. The number of pyridine rings is 1. The van der Waals surface area contributed by atoms with Crippen molar-refractivity contribution in [2.45, 2.75) is 13.0 Å². The molecule has 0 aliphatic heterocycles. The lowest BCUT2D eigenvalue weighted by Crippen LogP contribution is -2.50. The molecule has 0 saturated heterocycles. The molecule has 0 aliphatic carbocycles. The first-order chi connectivity index (χ1) is 15.0. The number of hydrogen-bond acceptors (Lipinski definition) is 6. The molecule has 156 valence electrons. The Morgan fingerprint density at radius 3 is 2.68 bits per heavy atom. The molecule has 2 atom stereocenters. The number of carbonyl (C=O) groups excluding carboxylic acids is 2. The molecule has 0 saturated carbocycles. The second-order valence-electron chi connectivity index (χ2n) is 6.78. The first kappa shape index (κ1) is 21.9. The molecule has 2 N–H and O–H groups in total. The fourth-order valence-electron chi connectivity index (χ4n) is 2.85. The molecule has 7 nitrogen and oxygen atoms in total. The Labute approximate surface area is 184 Å². The van der Waals surface area contributed by atoms with Gasteiger partial charge in [0.05, 0.1) is 11.8 Å². The van der Waals surface area contributed by atoms with Crippen molar-refractivity contribution in [2.24, 2.45) is 5.92 Å². The number of nitrogens with zero attached hydrogens (tertiary/aromatic N) is 3. The molecular formula is C23H21N5O2S. The van der Waals surface area contributed by atoms with Crippen LogP contribution < -0.4 is 10.6 Å². The first-order valence-corrected chi connectivity index (χ1v) is 10.5. The van der Waals surface area contributed by atoms with Crippen molar-refractivity contribution in [1.29, 1.82) is 5.26 Å². The molecule has 2 amide bonds. The molecule has 0 fully saturated rings. The zero-order valence-corrected chi connectivity index (χ0v) is 17.7. The normalized spacial score (nSPS) is 12.3. The molecule has 0 spiro atoms. The maximum Gasteiger partial charge on any atom is 0.251 e. The van der Waals surface area contributed by atoms with Crippen LogP contribution in [-0.2, 0) is 4.79 Å². The number of rotatable bonds is 8. The molecular weight excluding hydrogens is 410 g/mol. The summed E-state index contributed by atoms with van der Waals surface area (Å²) in [6.45, 7) is 5.33. The molecule has 2 aromatic heterocycles. The number of aromatic nitrogens is 2. The standard InChI is InChI=1S/C23H21N5O2S/c1-3-15(2)20(22(30)26-12-10-24)28-21(29)17-8-6-16(7-9-17)19-14-31-23(27-19)18-5-4-11-25-13-18/h3-9,11,13-15,20H,1,12H2,2H3,(H,26,30)(H,28,29)/t15?,20-/m0/s1. The van der Waals surface area contributed by atoms with Gasteiger partial charge in [0.2, 0.25) is 5.91 Å². The van der Waals surface area contributed by atoms with Crippen LogP contribution in [0.5, 0.6) is 0 Å². The van der Waals surface area contributed by atoms with Gasteiger partial charge in [-0.1, -0.05) is 25.1 Å². The summed E-state index contributed by atoms with van der Waals surface area (Å²) in [5.74, 6) is -1.11. The molecule has 31 heavy (non-hydrogen) atoms. The van der Waals surface area contributed by atoms with E-state index in [9.17, 15) is 9.59 Å². The molecule has 2 heterocycles. The lowest BCUT2D eigenvalue weighted by atomic mass is 10.0. The number of hydrogen-bond donors (Lipinski definition) is 2. The Morgan fingerprint density at radius 2 is 2.03 bits per heavy atom. The Balaban J connectivity index is 1.72. The van der Waals surface area contributed by atoms with E-state index in [1.165, 1.54) is 11.3 Å². The van der Waals surface area contributed by atoms with Gasteiger partial charge in [0, 0.05) is 40.4 Å². The number of nitriles is 1. The highest BCUT2D eigenvalue weighted by Crippen LogP contribution is 2.28. The lowest BCUT2D eigenvalue weighted by Gasteiger charge is -2.21. The highest BCUT2D eigenvalue weighted by Gasteiger charge is 2.25. The van der Waals surface area contributed by atoms with Gasteiger partial charge in [0.1, 0.15) is 17.6 Å². The smallest absolute Gasteiger partial charge is 0.251 e. The van der Waals surface area contributed by atoms with E-state index in [1.54, 1.807) is 37.5 Å². The first-order valence-electron chi connectivity index (χ1n) is 9.58. The Kier molecular flexibility index (Phi) is 7.25. The van der Waals surface area contributed by atoms with Gasteiger partial charge in [0.25, 0.3) is 5.91 Å². The van der Waals surface area contributed by atoms with Gasteiger partial charge in [-0.3, -0.25) is 14.6 Å². The average Bonchev–Trinajstić information content (AvgIpc) is 3.31. The second-order valence-corrected chi connectivity index (χ2v) is 7.64. The van der Waals surface area contributed by atoms with Gasteiger partial charge in [-0.05, 0) is 24.3 Å². The lowest BCUT2D eigenvalue weighted by molar-refractivity contribution is -0.123. The van der Waals surface area contributed by atoms with Crippen LogP contribution in [-0.4, -0.2) is 34.4 Å². The SMILES string of the molecule is C=CC(C)[C@H](NC(=O)c1ccc(-c2csc(-c3cccnc3)n2)cc1)C(=O)NCC#N. The maximum absolute atomic E-state index is 12.7. The van der Waals surface area contributed by atoms with Crippen LogP contribution in [0, 0.1) is 17.2 Å². The van der Waals surface area contributed by atoms with Gasteiger partial charge in [0.15, 0.2) is 0 Å². The van der Waals surface area contributed by atoms with Crippen LogP contribution in [0.4, 0.5) is 0 Å². The third-order valence-electron chi connectivity index (χ3n) is 4.66. The van der Waals surface area contributed by atoms with E-state index in [0.29, 0.717) is 5.56 Å². The predicted molar refractivity (Wildman–Crippen MR) is 120 cm³/mol. The maximum atomic E-state index is 12.7. The van der Waals surface area contributed by atoms with Crippen molar-refractivity contribution < 1.29 is 9.59 Å². The fraction of sp³-hybridized carbons (Fsp3) is 0.174. The molecule has 0 aliphatic rings. The number of amides is 2. The van der Waals surface area contributed by atoms with Crippen molar-refractivity contribution in [2.75, 3.05) is 6.54 Å². The van der Waals surface area contributed by atoms with Gasteiger partial charge < -0.3 is 10.6 Å². The van der Waals surface area contributed by atoms with E-state index in [1.807, 2.05) is 35.7 Å². The molecule has 0 radical (unpaired) electrons. The van der Waals surface area contributed by atoms with E-state index in [0.717, 1.165) is 21.8 Å². The Morgan fingerprint density at radius 1 is 1.26 bits per heavy atom. The van der Waals surface area contributed by atoms with Crippen molar-refractivity contribution in [3.63, 3.8) is 0 Å². The minimum Gasteiger partial charge on any atom is -0.341 e. The highest BCUT2D eigenvalue weighted by atomic mass is 32.1. The van der Waals surface area contributed by atoms with Gasteiger partial charge in [-0.25, -0.2) is 4.98 Å². The fourth-order valence-corrected chi connectivity index (χ4v) is 3.67. The van der Waals surface area contributed by atoms with Crippen LogP contribution in [0.25, 0.3) is 21.8 Å². The van der Waals surface area contributed by atoms with Crippen LogP contribution in [0.2, 0.25) is 0 Å². The van der Waals surface area contributed by atoms with E-state index in [2.05, 4.69) is 27.2 Å². The average molecular weight is 432 g/mol. The monoisotopic (exact) mass is 431 g/mol. The van der Waals surface area contributed by atoms with E-state index < -0.39 is 11.9 Å². The van der Waals surface area contributed by atoms with Crippen LogP contribution >= 0.6 is 11.3 Å². The zero-order valence-electron chi connectivity index (χ0n) is 16.9. The molecule has 0 bridgehead atoms. The molecule has 3 rings (SSSR count). The Hall–Kier alpha value is -3.83. The van der Waals surface area contributed by atoms with Gasteiger partial charge in [-0.2, -0.15) is 5.26 Å². The summed E-state index contributed by atoms with van der Waals surface area (Å²) < 4.78 is 0. The summed E-state index contributed by atoms with van der Waals surface area (Å²) in [6.07, 6.45) is 5.07. The van der Waals surface area contributed by atoms with Crippen molar-refractivity contribution in [3.05, 3.63) is 72.4 Å². The topological polar surface area (TPSA) is 108 Å². The predicted octanol–water partition coefficient (Wildman–Crippen LogP) is 3.43. The Bertz CT molecular complexity index is 1100. The number of carbonyl (C=O) groups is 2. The van der Waals surface area contributed by atoms with Crippen molar-refractivity contribution in [1.82, 2.24) is 20.6 Å². The van der Waals surface area contributed by atoms with Crippen molar-refractivity contribution in [3.8, 4) is 27.9 Å². The summed E-state index contributed by atoms with van der Waals surface area (Å²) in [7, 11) is 0. The number of nitrogens with one attached hydrogen (secondary N) is 2. The minimum absolute atomic E-state index is 0.127. The summed E-state index contributed by atoms with van der Waals surface area (Å²) in [6, 6.07) is 11.9. The third kappa shape index (κ3) is 5.41. The van der Waals surface area contributed by atoms with E-state index in [-0.39, 0.29) is 18.4 Å². The highest BCUT2D eigenvalue weighted by molar-refractivity contribution is 7.13. The number of benzene rings is 1. The summed E-state index contributed by atoms with van der Waals surface area (Å²) >= 11 is 1.52. The number of thiazole rings is 1. The second kappa shape index (κ2) is 10.3. The van der Waals surface area contributed by atoms with E-state index in [4.69, 9.17) is 5.26 Å². The van der Waals surface area contributed by atoms with Gasteiger partial charge in [-0.15, -0.1) is 17.9 Å². The van der Waals surface area contributed by atoms with E-state index >= 15 is 0 Å². The summed E-state index contributed by atoms with van der Waals surface area (Å²) in [5, 5.41) is 16.7. The van der Waals surface area contributed by atoms with Crippen LogP contribution in [0.1, 0.15) is 17.3 Å². The quantitative estimate of drug-likeness (QED) is 0.420. The molecule has 1 unspecified atom stereocenters. The zero-order chi connectivity index (χ0) is 22.2. The molecule has 8 heteroatoms. The summed E-state index contributed by atoms with van der Waals surface area (Å²) in [5.41, 5.74) is 3.06. The van der Waals surface area contributed by atoms with Crippen LogP contribution in [0.3, 0.4) is 0 Å². The van der Waals surface area contributed by atoms with Crippen LogP contribution in [0.15, 0.2) is 66.8 Å². The largest absolute Gasteiger partial charge is 0.341 e. The third-order valence-corrected chi connectivity index (χ3v) is 5.56. The molecule has 1 aromatic carbocycles.